The first-order valence-corrected chi connectivity index (χ1v) is 8.18. The van der Waals surface area contributed by atoms with Crippen LogP contribution in [-0.4, -0.2) is 34.5 Å². The van der Waals surface area contributed by atoms with E-state index in [9.17, 15) is 4.79 Å². The Morgan fingerprint density at radius 2 is 1.96 bits per heavy atom. The number of carbonyl (C=O) groups is 1. The quantitative estimate of drug-likeness (QED) is 0.462. The van der Waals surface area contributed by atoms with Gasteiger partial charge in [-0.15, -0.1) is 0 Å². The van der Waals surface area contributed by atoms with E-state index in [0.29, 0.717) is 5.69 Å². The molecule has 1 aromatic heterocycles. The van der Waals surface area contributed by atoms with Crippen LogP contribution in [0.1, 0.15) is 11.1 Å². The molecule has 3 aromatic rings. The summed E-state index contributed by atoms with van der Waals surface area (Å²) >= 11 is 0. The van der Waals surface area contributed by atoms with Gasteiger partial charge in [-0.3, -0.25) is 5.10 Å². The van der Waals surface area contributed by atoms with Crippen LogP contribution in [0.4, 0.5) is 10.5 Å². The van der Waals surface area contributed by atoms with Crippen LogP contribution in [-0.2, 0) is 6.42 Å². The molecule has 25 heavy (non-hydrogen) atoms. The van der Waals surface area contributed by atoms with Gasteiger partial charge in [-0.05, 0) is 17.7 Å². The summed E-state index contributed by atoms with van der Waals surface area (Å²) in [6.07, 6.45) is 0.876. The third-order valence-corrected chi connectivity index (χ3v) is 4.33. The largest absolute Gasteiger partial charge is 0.395 e. The normalized spacial score (nSPS) is 11.7. The molecule has 1 aliphatic rings. The number of carbonyl (C=O) groups excluding carboxylic acids is 1. The molecule has 0 radical (unpaired) electrons. The van der Waals surface area contributed by atoms with Gasteiger partial charge >= 0.3 is 6.03 Å². The molecule has 2 amide bonds. The number of benzene rings is 2. The van der Waals surface area contributed by atoms with Crippen molar-refractivity contribution in [2.45, 2.75) is 6.42 Å². The minimum atomic E-state index is -0.335. The molecule has 6 heteroatoms. The van der Waals surface area contributed by atoms with Crippen molar-refractivity contribution in [1.82, 2.24) is 15.5 Å². The lowest BCUT2D eigenvalue weighted by molar-refractivity contribution is 0.245. The zero-order chi connectivity index (χ0) is 17.2. The number of hydrogen-bond acceptors (Lipinski definition) is 3. The highest BCUT2D eigenvalue weighted by Crippen LogP contribution is 2.39. The SMILES string of the molecule is O=C(NCCO)Nc1ccc(-c2n[nH]c3c2Cc2ccccc2-3)cc1. The van der Waals surface area contributed by atoms with Crippen LogP contribution in [0.25, 0.3) is 22.5 Å². The number of amides is 2. The molecule has 0 fully saturated rings. The van der Waals surface area contributed by atoms with Crippen LogP contribution in [0.5, 0.6) is 0 Å². The summed E-state index contributed by atoms with van der Waals surface area (Å²) in [7, 11) is 0. The maximum Gasteiger partial charge on any atom is 0.319 e. The van der Waals surface area contributed by atoms with E-state index >= 15 is 0 Å². The summed E-state index contributed by atoms with van der Waals surface area (Å²) in [5.41, 5.74) is 7.48. The first-order valence-electron chi connectivity index (χ1n) is 8.18. The molecule has 0 saturated heterocycles. The van der Waals surface area contributed by atoms with E-state index in [0.717, 1.165) is 23.4 Å². The van der Waals surface area contributed by atoms with Gasteiger partial charge in [0, 0.05) is 35.3 Å². The van der Waals surface area contributed by atoms with Crippen LogP contribution < -0.4 is 10.6 Å². The van der Waals surface area contributed by atoms with Crippen LogP contribution in [0.15, 0.2) is 48.5 Å². The minimum absolute atomic E-state index is 0.0843. The van der Waals surface area contributed by atoms with Gasteiger partial charge in [-0.25, -0.2) is 4.79 Å². The van der Waals surface area contributed by atoms with Crippen molar-refractivity contribution in [3.8, 4) is 22.5 Å². The lowest BCUT2D eigenvalue weighted by Crippen LogP contribution is -2.30. The number of H-pyrrole nitrogens is 1. The van der Waals surface area contributed by atoms with Crippen molar-refractivity contribution in [3.05, 3.63) is 59.7 Å². The predicted molar refractivity (Wildman–Crippen MR) is 96.4 cm³/mol. The lowest BCUT2D eigenvalue weighted by atomic mass is 10.1. The molecule has 0 spiro atoms. The summed E-state index contributed by atoms with van der Waals surface area (Å²) < 4.78 is 0. The fourth-order valence-corrected chi connectivity index (χ4v) is 3.16. The Hall–Kier alpha value is -3.12. The summed E-state index contributed by atoms with van der Waals surface area (Å²) in [6.45, 7) is 0.142. The first kappa shape index (κ1) is 15.4. The number of nitrogens with zero attached hydrogens (tertiary/aromatic N) is 1. The Labute approximate surface area is 144 Å². The van der Waals surface area contributed by atoms with Crippen molar-refractivity contribution in [1.29, 1.82) is 0 Å². The molecule has 0 unspecified atom stereocenters. The average Bonchev–Trinajstić information content (AvgIpc) is 3.20. The number of aliphatic hydroxyl groups excluding tert-OH is 1. The molecule has 0 atom stereocenters. The maximum atomic E-state index is 11.6. The third kappa shape index (κ3) is 2.88. The van der Waals surface area contributed by atoms with E-state index in [1.54, 1.807) is 0 Å². The van der Waals surface area contributed by atoms with Crippen LogP contribution in [0, 0.1) is 0 Å². The summed E-state index contributed by atoms with van der Waals surface area (Å²) in [4.78, 5) is 11.6. The summed E-state index contributed by atoms with van der Waals surface area (Å²) in [6, 6.07) is 15.6. The van der Waals surface area contributed by atoms with Gasteiger partial charge in [0.1, 0.15) is 0 Å². The number of aliphatic hydroxyl groups is 1. The molecule has 4 rings (SSSR count). The van der Waals surface area contributed by atoms with Gasteiger partial charge < -0.3 is 15.7 Å². The number of aromatic nitrogens is 2. The Bertz CT molecular complexity index is 915. The molecular formula is C19H18N4O2. The van der Waals surface area contributed by atoms with Crippen LogP contribution in [0.3, 0.4) is 0 Å². The third-order valence-electron chi connectivity index (χ3n) is 4.33. The van der Waals surface area contributed by atoms with Gasteiger partial charge in [0.05, 0.1) is 18.0 Å². The van der Waals surface area contributed by atoms with E-state index in [1.165, 1.54) is 16.7 Å². The van der Waals surface area contributed by atoms with Gasteiger partial charge in [0.2, 0.25) is 0 Å². The van der Waals surface area contributed by atoms with E-state index in [2.05, 4.69) is 39.0 Å². The highest BCUT2D eigenvalue weighted by Gasteiger charge is 2.24. The van der Waals surface area contributed by atoms with E-state index < -0.39 is 0 Å². The molecule has 6 nitrogen and oxygen atoms in total. The van der Waals surface area contributed by atoms with Crippen LogP contribution >= 0.6 is 0 Å². The molecule has 4 N–H and O–H groups in total. The number of fused-ring (bicyclic) bond motifs is 3. The Kier molecular flexibility index (Phi) is 3.95. The lowest BCUT2D eigenvalue weighted by Gasteiger charge is -2.07. The van der Waals surface area contributed by atoms with E-state index in [1.807, 2.05) is 30.3 Å². The first-order chi connectivity index (χ1) is 12.3. The second kappa shape index (κ2) is 6.41. The number of anilines is 1. The van der Waals surface area contributed by atoms with Crippen molar-refractivity contribution < 1.29 is 9.90 Å². The van der Waals surface area contributed by atoms with Gasteiger partial charge in [-0.2, -0.15) is 5.10 Å². The molecule has 0 aliphatic heterocycles. The van der Waals surface area contributed by atoms with Gasteiger partial charge in [0.15, 0.2) is 0 Å². The number of nitrogens with one attached hydrogen (secondary N) is 3. The van der Waals surface area contributed by atoms with Gasteiger partial charge in [-0.1, -0.05) is 36.4 Å². The molecule has 0 saturated carbocycles. The number of rotatable bonds is 4. The summed E-state index contributed by atoms with van der Waals surface area (Å²) in [5, 5.41) is 21.6. The number of hydrogen-bond donors (Lipinski definition) is 4. The maximum absolute atomic E-state index is 11.6. The standard InChI is InChI=1S/C19H18N4O2/c24-10-9-20-19(25)21-14-7-5-12(6-8-14)17-16-11-13-3-1-2-4-15(13)18(16)23-22-17/h1-8,24H,9-11H2,(H,22,23)(H2,20,21,25). The fraction of sp³-hybridized carbons (Fsp3) is 0.158. The summed E-state index contributed by atoms with van der Waals surface area (Å²) in [5.74, 6) is 0. The Morgan fingerprint density at radius 3 is 2.76 bits per heavy atom. The zero-order valence-corrected chi connectivity index (χ0v) is 13.5. The highest BCUT2D eigenvalue weighted by atomic mass is 16.3. The monoisotopic (exact) mass is 334 g/mol. The average molecular weight is 334 g/mol. The Morgan fingerprint density at radius 1 is 1.16 bits per heavy atom. The van der Waals surface area contributed by atoms with Crippen molar-refractivity contribution >= 4 is 11.7 Å². The molecule has 0 bridgehead atoms. The second-order valence-electron chi connectivity index (χ2n) is 5.94. The van der Waals surface area contributed by atoms with Crippen molar-refractivity contribution in [2.24, 2.45) is 0 Å². The van der Waals surface area contributed by atoms with E-state index in [-0.39, 0.29) is 19.2 Å². The molecular weight excluding hydrogens is 316 g/mol. The number of urea groups is 1. The van der Waals surface area contributed by atoms with Crippen molar-refractivity contribution in [2.75, 3.05) is 18.5 Å². The van der Waals surface area contributed by atoms with E-state index in [4.69, 9.17) is 5.11 Å². The van der Waals surface area contributed by atoms with Crippen LogP contribution in [0.2, 0.25) is 0 Å². The predicted octanol–water partition coefficient (Wildman–Crippen LogP) is 2.76. The topological polar surface area (TPSA) is 90.0 Å². The minimum Gasteiger partial charge on any atom is -0.395 e. The fourth-order valence-electron chi connectivity index (χ4n) is 3.16. The molecule has 126 valence electrons. The smallest absolute Gasteiger partial charge is 0.319 e. The Balaban J connectivity index is 1.54. The number of aromatic amines is 1. The molecule has 1 heterocycles. The zero-order valence-electron chi connectivity index (χ0n) is 13.5. The highest BCUT2D eigenvalue weighted by molar-refractivity contribution is 5.89. The molecule has 2 aromatic carbocycles. The molecule has 1 aliphatic carbocycles. The van der Waals surface area contributed by atoms with Gasteiger partial charge in [0.25, 0.3) is 0 Å². The van der Waals surface area contributed by atoms with Crippen molar-refractivity contribution in [3.63, 3.8) is 0 Å². The second-order valence-corrected chi connectivity index (χ2v) is 5.94.